The quantitative estimate of drug-likeness (QED) is 0.687. The zero-order valence-corrected chi connectivity index (χ0v) is 14.2. The zero-order chi connectivity index (χ0) is 16.5. The number of benzene rings is 1. The van der Waals surface area contributed by atoms with Crippen molar-refractivity contribution < 1.29 is 14.3 Å². The summed E-state index contributed by atoms with van der Waals surface area (Å²) in [6.07, 6.45) is -0.611. The third-order valence-electron chi connectivity index (χ3n) is 3.07. The first-order chi connectivity index (χ1) is 10.4. The third kappa shape index (κ3) is 7.02. The van der Waals surface area contributed by atoms with Gasteiger partial charge < -0.3 is 20.1 Å². The lowest BCUT2D eigenvalue weighted by molar-refractivity contribution is -0.130. The summed E-state index contributed by atoms with van der Waals surface area (Å²) in [6, 6.07) is 6.34. The van der Waals surface area contributed by atoms with Crippen LogP contribution < -0.4 is 10.6 Å². The lowest BCUT2D eigenvalue weighted by Gasteiger charge is -2.18. The Hall–Kier alpha value is -1.43. The minimum absolute atomic E-state index is 0.184. The van der Waals surface area contributed by atoms with Gasteiger partial charge >= 0.3 is 0 Å². The van der Waals surface area contributed by atoms with Gasteiger partial charge in [-0.25, -0.2) is 0 Å². The van der Waals surface area contributed by atoms with E-state index in [1.54, 1.807) is 7.11 Å². The van der Waals surface area contributed by atoms with Crippen molar-refractivity contribution in [3.8, 4) is 0 Å². The second kappa shape index (κ2) is 9.56. The predicted octanol–water partition coefficient (Wildman–Crippen LogP) is 2.27. The van der Waals surface area contributed by atoms with Crippen LogP contribution in [0.5, 0.6) is 0 Å². The SMILES string of the molecule is COCC(OCCNC(C)C)C(=O)Nc1cc(C)cc(C)c1. The van der Waals surface area contributed by atoms with Gasteiger partial charge in [0.15, 0.2) is 6.10 Å². The second-order valence-corrected chi connectivity index (χ2v) is 5.79. The van der Waals surface area contributed by atoms with E-state index in [1.807, 2.05) is 26.0 Å². The van der Waals surface area contributed by atoms with Crippen molar-refractivity contribution in [1.82, 2.24) is 5.32 Å². The van der Waals surface area contributed by atoms with E-state index in [0.717, 1.165) is 16.8 Å². The summed E-state index contributed by atoms with van der Waals surface area (Å²) in [4.78, 5) is 12.3. The average Bonchev–Trinajstić information content (AvgIpc) is 2.40. The number of carbonyl (C=O) groups is 1. The Morgan fingerprint density at radius 2 is 1.82 bits per heavy atom. The van der Waals surface area contributed by atoms with Crippen LogP contribution in [0.4, 0.5) is 5.69 Å². The molecule has 124 valence electrons. The van der Waals surface area contributed by atoms with Gasteiger partial charge in [-0.15, -0.1) is 0 Å². The van der Waals surface area contributed by atoms with Gasteiger partial charge in [0.05, 0.1) is 13.2 Å². The summed E-state index contributed by atoms with van der Waals surface area (Å²) >= 11 is 0. The fourth-order valence-corrected chi connectivity index (χ4v) is 2.17. The molecule has 22 heavy (non-hydrogen) atoms. The standard InChI is InChI=1S/C17H28N2O3/c1-12(2)18-6-7-22-16(11-21-5)17(20)19-15-9-13(3)8-14(4)10-15/h8-10,12,16,18H,6-7,11H2,1-5H3,(H,19,20). The monoisotopic (exact) mass is 308 g/mol. The van der Waals surface area contributed by atoms with Crippen molar-refractivity contribution >= 4 is 11.6 Å². The van der Waals surface area contributed by atoms with E-state index in [-0.39, 0.29) is 12.5 Å². The van der Waals surface area contributed by atoms with Gasteiger partial charge in [-0.2, -0.15) is 0 Å². The number of rotatable bonds is 9. The molecule has 1 atom stereocenters. The molecule has 0 aliphatic rings. The number of anilines is 1. The molecule has 1 unspecified atom stereocenters. The highest BCUT2D eigenvalue weighted by molar-refractivity contribution is 5.94. The largest absolute Gasteiger partial charge is 0.381 e. The third-order valence-corrected chi connectivity index (χ3v) is 3.07. The van der Waals surface area contributed by atoms with Gasteiger partial charge in [0.1, 0.15) is 0 Å². The molecule has 0 saturated carbocycles. The molecule has 0 bridgehead atoms. The van der Waals surface area contributed by atoms with Gasteiger partial charge in [-0.3, -0.25) is 4.79 Å². The Kier molecular flexibility index (Phi) is 8.09. The molecule has 1 aromatic rings. The molecule has 2 N–H and O–H groups in total. The maximum Gasteiger partial charge on any atom is 0.255 e. The van der Waals surface area contributed by atoms with Crippen LogP contribution in [-0.2, 0) is 14.3 Å². The maximum absolute atomic E-state index is 12.3. The first kappa shape index (κ1) is 18.6. The van der Waals surface area contributed by atoms with Gasteiger partial charge in [0.25, 0.3) is 5.91 Å². The first-order valence-electron chi connectivity index (χ1n) is 7.65. The number of hydrogen-bond acceptors (Lipinski definition) is 4. The molecule has 5 heteroatoms. The molecular formula is C17H28N2O3. The van der Waals surface area contributed by atoms with Crippen LogP contribution in [0.3, 0.4) is 0 Å². The van der Waals surface area contributed by atoms with Crippen LogP contribution in [0.15, 0.2) is 18.2 Å². The van der Waals surface area contributed by atoms with E-state index in [1.165, 1.54) is 0 Å². The molecule has 0 radical (unpaired) electrons. The highest BCUT2D eigenvalue weighted by atomic mass is 16.5. The van der Waals surface area contributed by atoms with E-state index in [0.29, 0.717) is 19.2 Å². The molecule has 0 saturated heterocycles. The van der Waals surface area contributed by atoms with E-state index in [2.05, 4.69) is 30.5 Å². The van der Waals surface area contributed by atoms with Crippen LogP contribution in [0, 0.1) is 13.8 Å². The first-order valence-corrected chi connectivity index (χ1v) is 7.65. The van der Waals surface area contributed by atoms with Gasteiger partial charge in [0, 0.05) is 25.4 Å². The van der Waals surface area contributed by atoms with Crippen molar-refractivity contribution in [1.29, 1.82) is 0 Å². The Bertz CT molecular complexity index is 455. The Labute approximate surface area is 133 Å². The van der Waals surface area contributed by atoms with Crippen LogP contribution in [-0.4, -0.2) is 44.9 Å². The molecule has 0 aliphatic heterocycles. The van der Waals surface area contributed by atoms with Gasteiger partial charge in [-0.1, -0.05) is 19.9 Å². The summed E-state index contributed by atoms with van der Waals surface area (Å²) in [5.41, 5.74) is 3.01. The van der Waals surface area contributed by atoms with Gasteiger partial charge in [0.2, 0.25) is 0 Å². The number of carbonyl (C=O) groups excluding carboxylic acids is 1. The highest BCUT2D eigenvalue weighted by Crippen LogP contribution is 2.14. The number of aryl methyl sites for hydroxylation is 2. The number of nitrogens with one attached hydrogen (secondary N) is 2. The highest BCUT2D eigenvalue weighted by Gasteiger charge is 2.19. The molecule has 0 aliphatic carbocycles. The molecule has 5 nitrogen and oxygen atoms in total. The van der Waals surface area contributed by atoms with Crippen LogP contribution in [0.2, 0.25) is 0 Å². The number of ether oxygens (including phenoxy) is 2. The maximum atomic E-state index is 12.3. The van der Waals surface area contributed by atoms with E-state index < -0.39 is 6.10 Å². The van der Waals surface area contributed by atoms with Crippen molar-refractivity contribution in [2.24, 2.45) is 0 Å². The Morgan fingerprint density at radius 3 is 2.36 bits per heavy atom. The molecule has 1 amide bonds. The minimum atomic E-state index is -0.611. The molecular weight excluding hydrogens is 280 g/mol. The summed E-state index contributed by atoms with van der Waals surface area (Å²) in [7, 11) is 1.56. The molecule has 0 heterocycles. The molecule has 0 spiro atoms. The van der Waals surface area contributed by atoms with Crippen molar-refractivity contribution in [2.75, 3.05) is 32.2 Å². The fourth-order valence-electron chi connectivity index (χ4n) is 2.17. The summed E-state index contributed by atoms with van der Waals surface area (Å²) < 4.78 is 10.7. The van der Waals surface area contributed by atoms with Crippen molar-refractivity contribution in [3.63, 3.8) is 0 Å². The summed E-state index contributed by atoms with van der Waals surface area (Å²) in [5.74, 6) is -0.184. The topological polar surface area (TPSA) is 59.6 Å². The fraction of sp³-hybridized carbons (Fsp3) is 0.588. The number of hydrogen-bond donors (Lipinski definition) is 2. The molecule has 1 rings (SSSR count). The normalized spacial score (nSPS) is 12.5. The lowest BCUT2D eigenvalue weighted by Crippen LogP contribution is -2.37. The molecule has 0 fully saturated rings. The summed E-state index contributed by atoms with van der Waals surface area (Å²) in [6.45, 7) is 9.55. The number of amides is 1. The number of methoxy groups -OCH3 is 1. The average molecular weight is 308 g/mol. The van der Waals surface area contributed by atoms with Crippen molar-refractivity contribution in [3.05, 3.63) is 29.3 Å². The predicted molar refractivity (Wildman–Crippen MR) is 89.3 cm³/mol. The zero-order valence-electron chi connectivity index (χ0n) is 14.2. The summed E-state index contributed by atoms with van der Waals surface area (Å²) in [5, 5.41) is 6.14. The van der Waals surface area contributed by atoms with Crippen LogP contribution in [0.25, 0.3) is 0 Å². The van der Waals surface area contributed by atoms with E-state index >= 15 is 0 Å². The van der Waals surface area contributed by atoms with Crippen LogP contribution in [0.1, 0.15) is 25.0 Å². The van der Waals surface area contributed by atoms with Crippen LogP contribution >= 0.6 is 0 Å². The molecule has 1 aromatic carbocycles. The minimum Gasteiger partial charge on any atom is -0.381 e. The van der Waals surface area contributed by atoms with E-state index in [4.69, 9.17) is 9.47 Å². The second-order valence-electron chi connectivity index (χ2n) is 5.79. The lowest BCUT2D eigenvalue weighted by atomic mass is 10.1. The van der Waals surface area contributed by atoms with Gasteiger partial charge in [-0.05, 0) is 37.1 Å². The molecule has 0 aromatic heterocycles. The Balaban J connectivity index is 2.56. The van der Waals surface area contributed by atoms with E-state index in [9.17, 15) is 4.79 Å². The Morgan fingerprint density at radius 1 is 1.18 bits per heavy atom. The smallest absolute Gasteiger partial charge is 0.255 e. The van der Waals surface area contributed by atoms with Crippen molar-refractivity contribution in [2.45, 2.75) is 39.8 Å².